The molecule has 0 saturated carbocycles. The van der Waals surface area contributed by atoms with E-state index in [1.54, 1.807) is 6.92 Å². The van der Waals surface area contributed by atoms with Crippen molar-refractivity contribution >= 4 is 17.6 Å². The molecule has 20 heavy (non-hydrogen) atoms. The van der Waals surface area contributed by atoms with E-state index in [4.69, 9.17) is 10.5 Å². The molecule has 0 spiro atoms. The smallest absolute Gasteiger partial charge is 0.332 e. The minimum atomic E-state index is -0.804. The molecule has 0 saturated heterocycles. The normalized spacial score (nSPS) is 10.3. The van der Waals surface area contributed by atoms with E-state index in [0.29, 0.717) is 6.42 Å². The Labute approximate surface area is 114 Å². The van der Waals surface area contributed by atoms with E-state index in [9.17, 15) is 19.2 Å². The minimum Gasteiger partial charge on any atom is -0.457 e. The second kappa shape index (κ2) is 6.18. The number of nitrogens with zero attached hydrogens (tertiary/aromatic N) is 2. The van der Waals surface area contributed by atoms with Crippen molar-refractivity contribution < 1.29 is 14.3 Å². The summed E-state index contributed by atoms with van der Waals surface area (Å²) < 4.78 is 6.50. The fourth-order valence-corrected chi connectivity index (χ4v) is 1.62. The van der Waals surface area contributed by atoms with Gasteiger partial charge in [-0.1, -0.05) is 6.92 Å². The molecule has 1 aromatic heterocycles. The van der Waals surface area contributed by atoms with E-state index < -0.39 is 29.6 Å². The molecule has 2 N–H and O–H groups in total. The lowest BCUT2D eigenvalue weighted by Crippen LogP contribution is -2.42. The summed E-state index contributed by atoms with van der Waals surface area (Å²) in [5.74, 6) is -1.50. The van der Waals surface area contributed by atoms with Gasteiger partial charge in [0.25, 0.3) is 5.56 Å². The van der Waals surface area contributed by atoms with Crippen LogP contribution in [0.1, 0.15) is 30.1 Å². The molecule has 0 aliphatic carbocycles. The average Bonchev–Trinajstić information content (AvgIpc) is 2.41. The SMILES string of the molecule is CCCC(=O)OCC(=O)c1c(N)n(C)c(=O)n(C)c1=O. The van der Waals surface area contributed by atoms with Crippen LogP contribution in [0.25, 0.3) is 0 Å². The summed E-state index contributed by atoms with van der Waals surface area (Å²) in [7, 11) is 2.58. The monoisotopic (exact) mass is 283 g/mol. The standard InChI is InChI=1S/C12H17N3O5/c1-4-5-8(17)20-6-7(16)9-10(13)14(2)12(19)15(3)11(9)18/h4-6,13H2,1-3H3. The first-order valence-corrected chi connectivity index (χ1v) is 6.05. The number of nitrogen functional groups attached to an aromatic ring is 1. The number of rotatable bonds is 5. The van der Waals surface area contributed by atoms with Crippen LogP contribution in [0, 0.1) is 0 Å². The van der Waals surface area contributed by atoms with Crippen molar-refractivity contribution in [2.75, 3.05) is 12.3 Å². The first kappa shape index (κ1) is 15.7. The number of esters is 1. The summed E-state index contributed by atoms with van der Waals surface area (Å²) in [6.07, 6.45) is 0.783. The molecule has 0 radical (unpaired) electrons. The van der Waals surface area contributed by atoms with Crippen LogP contribution in [-0.4, -0.2) is 27.5 Å². The molecular weight excluding hydrogens is 266 g/mol. The fraction of sp³-hybridized carbons (Fsp3) is 0.500. The van der Waals surface area contributed by atoms with E-state index in [1.807, 2.05) is 0 Å². The number of ether oxygens (including phenoxy) is 1. The van der Waals surface area contributed by atoms with Crippen LogP contribution in [0.2, 0.25) is 0 Å². The molecule has 0 aliphatic heterocycles. The first-order valence-electron chi connectivity index (χ1n) is 6.05. The minimum absolute atomic E-state index is 0.189. The number of hydrogen-bond donors (Lipinski definition) is 1. The number of carbonyl (C=O) groups is 2. The number of carbonyl (C=O) groups excluding carboxylic acids is 2. The molecule has 0 aromatic carbocycles. The topological polar surface area (TPSA) is 113 Å². The molecule has 8 nitrogen and oxygen atoms in total. The molecule has 0 unspecified atom stereocenters. The highest BCUT2D eigenvalue weighted by Gasteiger charge is 2.21. The molecule has 0 amide bonds. The molecule has 0 atom stereocenters. The Bertz CT molecular complexity index is 656. The number of anilines is 1. The number of hydrogen-bond acceptors (Lipinski definition) is 6. The van der Waals surface area contributed by atoms with E-state index in [1.165, 1.54) is 14.1 Å². The average molecular weight is 283 g/mol. The van der Waals surface area contributed by atoms with Crippen molar-refractivity contribution in [2.24, 2.45) is 14.1 Å². The van der Waals surface area contributed by atoms with Gasteiger partial charge in [-0.2, -0.15) is 0 Å². The van der Waals surface area contributed by atoms with Crippen LogP contribution in [0.3, 0.4) is 0 Å². The van der Waals surface area contributed by atoms with Gasteiger partial charge < -0.3 is 10.5 Å². The highest BCUT2D eigenvalue weighted by Crippen LogP contribution is 2.04. The summed E-state index contributed by atoms with van der Waals surface area (Å²) in [4.78, 5) is 46.6. The third-order valence-corrected chi connectivity index (χ3v) is 2.81. The predicted octanol–water partition coefficient (Wildman–Crippen LogP) is -0.808. The maximum atomic E-state index is 11.9. The van der Waals surface area contributed by atoms with Crippen LogP contribution >= 0.6 is 0 Å². The van der Waals surface area contributed by atoms with Crippen LogP contribution in [0.5, 0.6) is 0 Å². The van der Waals surface area contributed by atoms with Crippen molar-refractivity contribution in [3.63, 3.8) is 0 Å². The lowest BCUT2D eigenvalue weighted by atomic mass is 10.2. The molecular formula is C12H17N3O5. The molecule has 1 aromatic rings. The number of Topliss-reactive ketones (excluding diaryl/α,β-unsaturated/α-hetero) is 1. The Balaban J connectivity index is 3.09. The molecule has 0 aliphatic rings. The lowest BCUT2D eigenvalue weighted by molar-refractivity contribution is -0.142. The second-order valence-electron chi connectivity index (χ2n) is 4.30. The Morgan fingerprint density at radius 3 is 2.35 bits per heavy atom. The van der Waals surface area contributed by atoms with Crippen LogP contribution in [0.4, 0.5) is 5.82 Å². The number of aromatic nitrogens is 2. The van der Waals surface area contributed by atoms with Gasteiger partial charge in [-0.05, 0) is 6.42 Å². The van der Waals surface area contributed by atoms with E-state index in [-0.39, 0.29) is 17.8 Å². The third kappa shape index (κ3) is 2.95. The summed E-state index contributed by atoms with van der Waals surface area (Å²) in [5, 5.41) is 0. The van der Waals surface area contributed by atoms with Gasteiger partial charge in [0.1, 0.15) is 11.4 Å². The zero-order valence-corrected chi connectivity index (χ0v) is 11.6. The molecule has 0 bridgehead atoms. The van der Waals surface area contributed by atoms with Crippen molar-refractivity contribution in [3.8, 4) is 0 Å². The fourth-order valence-electron chi connectivity index (χ4n) is 1.62. The highest BCUT2D eigenvalue weighted by molar-refractivity contribution is 6.01. The quantitative estimate of drug-likeness (QED) is 0.558. The van der Waals surface area contributed by atoms with Crippen LogP contribution < -0.4 is 17.0 Å². The Kier molecular flexibility index (Phi) is 4.84. The predicted molar refractivity (Wildman–Crippen MR) is 71.5 cm³/mol. The van der Waals surface area contributed by atoms with Crippen molar-refractivity contribution in [1.29, 1.82) is 0 Å². The van der Waals surface area contributed by atoms with Gasteiger partial charge in [-0.15, -0.1) is 0 Å². The summed E-state index contributed by atoms with van der Waals surface area (Å²) >= 11 is 0. The summed E-state index contributed by atoms with van der Waals surface area (Å²) in [6.45, 7) is 1.22. The van der Waals surface area contributed by atoms with E-state index in [2.05, 4.69) is 0 Å². The Hall–Kier alpha value is -2.38. The van der Waals surface area contributed by atoms with Gasteiger partial charge in [0, 0.05) is 20.5 Å². The van der Waals surface area contributed by atoms with Crippen molar-refractivity contribution in [2.45, 2.75) is 19.8 Å². The second-order valence-corrected chi connectivity index (χ2v) is 4.30. The maximum absolute atomic E-state index is 11.9. The van der Waals surface area contributed by atoms with Gasteiger partial charge in [0.05, 0.1) is 0 Å². The zero-order valence-electron chi connectivity index (χ0n) is 11.6. The van der Waals surface area contributed by atoms with Gasteiger partial charge in [-0.25, -0.2) is 4.79 Å². The largest absolute Gasteiger partial charge is 0.457 e. The third-order valence-electron chi connectivity index (χ3n) is 2.81. The van der Waals surface area contributed by atoms with Crippen molar-refractivity contribution in [3.05, 3.63) is 26.4 Å². The lowest BCUT2D eigenvalue weighted by Gasteiger charge is -2.10. The molecule has 110 valence electrons. The highest BCUT2D eigenvalue weighted by atomic mass is 16.5. The maximum Gasteiger partial charge on any atom is 0.332 e. The molecule has 8 heteroatoms. The summed E-state index contributed by atoms with van der Waals surface area (Å²) in [5.41, 5.74) is 3.82. The Morgan fingerprint density at radius 2 is 1.80 bits per heavy atom. The molecule has 0 fully saturated rings. The number of ketones is 1. The van der Waals surface area contributed by atoms with Crippen LogP contribution in [-0.2, 0) is 23.6 Å². The van der Waals surface area contributed by atoms with E-state index in [0.717, 1.165) is 9.13 Å². The van der Waals surface area contributed by atoms with Gasteiger partial charge in [0.15, 0.2) is 6.61 Å². The van der Waals surface area contributed by atoms with Gasteiger partial charge in [-0.3, -0.25) is 23.5 Å². The zero-order chi connectivity index (χ0) is 15.4. The van der Waals surface area contributed by atoms with Gasteiger partial charge >= 0.3 is 11.7 Å². The Morgan fingerprint density at radius 1 is 1.20 bits per heavy atom. The van der Waals surface area contributed by atoms with Crippen molar-refractivity contribution in [1.82, 2.24) is 9.13 Å². The number of nitrogens with two attached hydrogens (primary N) is 1. The molecule has 1 heterocycles. The molecule has 1 rings (SSSR count). The first-order chi connectivity index (χ1) is 9.31. The van der Waals surface area contributed by atoms with Crippen LogP contribution in [0.15, 0.2) is 9.59 Å². The summed E-state index contributed by atoms with van der Waals surface area (Å²) in [6, 6.07) is 0. The van der Waals surface area contributed by atoms with E-state index >= 15 is 0 Å². The van der Waals surface area contributed by atoms with Gasteiger partial charge in [0.2, 0.25) is 5.78 Å².